The number of anilines is 2. The predicted molar refractivity (Wildman–Crippen MR) is 122 cm³/mol. The number of hydrogen-bond acceptors (Lipinski definition) is 5. The van der Waals surface area contributed by atoms with Crippen molar-refractivity contribution in [3.63, 3.8) is 0 Å². The second kappa shape index (κ2) is 7.72. The van der Waals surface area contributed by atoms with Crippen molar-refractivity contribution in [1.82, 2.24) is 0 Å². The summed E-state index contributed by atoms with van der Waals surface area (Å²) in [7, 11) is -4.11. The first-order valence-electron chi connectivity index (χ1n) is 10.1. The molecular formula is C24H20N2O5S. The number of para-hydroxylation sites is 1. The van der Waals surface area contributed by atoms with Gasteiger partial charge in [-0.2, -0.15) is 0 Å². The van der Waals surface area contributed by atoms with Crippen LogP contribution in [0.3, 0.4) is 0 Å². The molecule has 0 bridgehead atoms. The Morgan fingerprint density at radius 1 is 0.969 bits per heavy atom. The summed E-state index contributed by atoms with van der Waals surface area (Å²) >= 11 is 0. The normalized spacial score (nSPS) is 16.0. The van der Waals surface area contributed by atoms with Crippen LogP contribution in [0.25, 0.3) is 5.57 Å². The highest BCUT2D eigenvalue weighted by molar-refractivity contribution is 7.97. The summed E-state index contributed by atoms with van der Waals surface area (Å²) in [4.78, 5) is 13.2. The van der Waals surface area contributed by atoms with Crippen molar-refractivity contribution in [3.8, 4) is 11.5 Å². The van der Waals surface area contributed by atoms with Crippen molar-refractivity contribution in [1.29, 1.82) is 0 Å². The van der Waals surface area contributed by atoms with Crippen molar-refractivity contribution in [2.45, 2.75) is 6.92 Å². The number of amides is 1. The molecule has 8 heteroatoms. The smallest absolute Gasteiger partial charge is 0.270 e. The lowest BCUT2D eigenvalue weighted by atomic mass is 9.95. The van der Waals surface area contributed by atoms with E-state index in [-0.39, 0.29) is 18.2 Å². The highest BCUT2D eigenvalue weighted by Crippen LogP contribution is 2.43. The predicted octanol–water partition coefficient (Wildman–Crippen LogP) is 3.98. The maximum Gasteiger partial charge on any atom is 0.270 e. The Morgan fingerprint density at radius 3 is 2.47 bits per heavy atom. The molecule has 3 aromatic carbocycles. The highest BCUT2D eigenvalue weighted by Gasteiger charge is 2.40. The van der Waals surface area contributed by atoms with Crippen LogP contribution in [-0.2, 0) is 14.8 Å². The first-order valence-corrected chi connectivity index (χ1v) is 11.6. The monoisotopic (exact) mass is 448 g/mol. The fourth-order valence-corrected chi connectivity index (χ4v) is 5.77. The van der Waals surface area contributed by atoms with E-state index in [2.05, 4.69) is 5.32 Å². The maximum absolute atomic E-state index is 13.7. The number of ether oxygens (including phenoxy) is 2. The van der Waals surface area contributed by atoms with Crippen molar-refractivity contribution >= 4 is 32.9 Å². The topological polar surface area (TPSA) is 84.9 Å². The Kier molecular flexibility index (Phi) is 4.86. The Morgan fingerprint density at radius 2 is 1.69 bits per heavy atom. The fraction of sp³-hybridized carbons (Fsp3) is 0.125. The van der Waals surface area contributed by atoms with Crippen molar-refractivity contribution in [2.75, 3.05) is 23.0 Å². The molecule has 2 heterocycles. The Hall–Kier alpha value is -3.78. The van der Waals surface area contributed by atoms with Gasteiger partial charge in [-0.1, -0.05) is 48.5 Å². The van der Waals surface area contributed by atoms with Crippen LogP contribution < -0.4 is 19.1 Å². The average Bonchev–Trinajstić information content (AvgIpc) is 3.26. The molecule has 32 heavy (non-hydrogen) atoms. The molecule has 0 spiro atoms. The summed E-state index contributed by atoms with van der Waals surface area (Å²) in [5, 5.41) is 2.73. The zero-order valence-corrected chi connectivity index (χ0v) is 18.1. The molecular weight excluding hydrogens is 428 g/mol. The van der Waals surface area contributed by atoms with E-state index in [9.17, 15) is 13.2 Å². The molecule has 0 saturated heterocycles. The zero-order valence-electron chi connectivity index (χ0n) is 17.2. The Balaban J connectivity index is 1.70. The van der Waals surface area contributed by atoms with E-state index in [4.69, 9.17) is 9.47 Å². The van der Waals surface area contributed by atoms with Crippen LogP contribution in [0.4, 0.5) is 11.4 Å². The van der Waals surface area contributed by atoms with E-state index >= 15 is 0 Å². The standard InChI is InChI=1S/C24H20N2O5S/c1-2-26-19-11-7-6-10-18(19)22(16-8-4-3-5-9-16)23(32(26,28)29)24(27)25-17-12-13-20-21(14-17)31-15-30-20/h3-14H,2,15H2,1H3,(H,25,27). The van der Waals surface area contributed by atoms with E-state index in [1.165, 1.54) is 4.31 Å². The van der Waals surface area contributed by atoms with Crippen LogP contribution in [-0.4, -0.2) is 27.7 Å². The lowest BCUT2D eigenvalue weighted by molar-refractivity contribution is -0.112. The third-order valence-corrected chi connectivity index (χ3v) is 7.34. The van der Waals surface area contributed by atoms with E-state index in [0.717, 1.165) is 0 Å². The van der Waals surface area contributed by atoms with Gasteiger partial charge in [-0.3, -0.25) is 9.10 Å². The summed E-state index contributed by atoms with van der Waals surface area (Å²) < 4.78 is 39.3. The molecule has 0 fully saturated rings. The van der Waals surface area contributed by atoms with Gasteiger partial charge in [0, 0.05) is 29.4 Å². The van der Waals surface area contributed by atoms with Crippen LogP contribution >= 0.6 is 0 Å². The van der Waals surface area contributed by atoms with Gasteiger partial charge in [-0.15, -0.1) is 0 Å². The molecule has 0 aliphatic carbocycles. The number of sulfonamides is 1. The molecule has 0 aromatic heterocycles. The van der Waals surface area contributed by atoms with Gasteiger partial charge in [0.2, 0.25) is 6.79 Å². The molecule has 0 atom stereocenters. The summed E-state index contributed by atoms with van der Waals surface area (Å²) in [6.45, 7) is 2.05. The third kappa shape index (κ3) is 3.20. The van der Waals surface area contributed by atoms with Crippen LogP contribution in [0.1, 0.15) is 18.1 Å². The number of fused-ring (bicyclic) bond motifs is 2. The number of rotatable bonds is 4. The minimum absolute atomic E-state index is 0.104. The number of hydrogen-bond donors (Lipinski definition) is 1. The summed E-state index contributed by atoms with van der Waals surface area (Å²) in [5.74, 6) is 0.353. The summed E-state index contributed by atoms with van der Waals surface area (Å²) in [6, 6.07) is 21.2. The van der Waals surface area contributed by atoms with Gasteiger partial charge in [0.05, 0.1) is 5.69 Å². The minimum Gasteiger partial charge on any atom is -0.454 e. The van der Waals surface area contributed by atoms with Crippen LogP contribution in [0.5, 0.6) is 11.5 Å². The first kappa shape index (κ1) is 20.1. The van der Waals surface area contributed by atoms with E-state index in [1.807, 2.05) is 30.3 Å². The molecule has 7 nitrogen and oxygen atoms in total. The van der Waals surface area contributed by atoms with Gasteiger partial charge < -0.3 is 14.8 Å². The number of benzene rings is 3. The number of carbonyl (C=O) groups is 1. The van der Waals surface area contributed by atoms with E-state index in [1.54, 1.807) is 49.4 Å². The Labute approximate surface area is 185 Å². The zero-order chi connectivity index (χ0) is 22.3. The molecule has 1 N–H and O–H groups in total. The lowest BCUT2D eigenvalue weighted by Crippen LogP contribution is -2.39. The molecule has 162 valence electrons. The summed E-state index contributed by atoms with van der Waals surface area (Å²) in [6.07, 6.45) is 0. The second-order valence-electron chi connectivity index (χ2n) is 7.28. The summed E-state index contributed by atoms with van der Waals surface area (Å²) in [5.41, 5.74) is 2.68. The highest BCUT2D eigenvalue weighted by atomic mass is 32.2. The van der Waals surface area contributed by atoms with Gasteiger partial charge in [-0.05, 0) is 30.7 Å². The van der Waals surface area contributed by atoms with Crippen LogP contribution in [0.15, 0.2) is 77.7 Å². The van der Waals surface area contributed by atoms with E-state index in [0.29, 0.717) is 39.6 Å². The van der Waals surface area contributed by atoms with Crippen molar-refractivity contribution < 1.29 is 22.7 Å². The van der Waals surface area contributed by atoms with Gasteiger partial charge in [-0.25, -0.2) is 8.42 Å². The van der Waals surface area contributed by atoms with Crippen LogP contribution in [0.2, 0.25) is 0 Å². The maximum atomic E-state index is 13.7. The van der Waals surface area contributed by atoms with Crippen molar-refractivity contribution in [3.05, 3.63) is 88.8 Å². The second-order valence-corrected chi connectivity index (χ2v) is 9.08. The van der Waals surface area contributed by atoms with Gasteiger partial charge in [0.15, 0.2) is 16.4 Å². The van der Waals surface area contributed by atoms with E-state index < -0.39 is 15.9 Å². The molecule has 0 radical (unpaired) electrons. The lowest BCUT2D eigenvalue weighted by Gasteiger charge is -2.32. The largest absolute Gasteiger partial charge is 0.454 e. The number of carbonyl (C=O) groups excluding carboxylic acids is 1. The molecule has 2 aliphatic rings. The number of nitrogens with one attached hydrogen (secondary N) is 1. The molecule has 1 amide bonds. The molecule has 0 unspecified atom stereocenters. The van der Waals surface area contributed by atoms with Gasteiger partial charge >= 0.3 is 0 Å². The SMILES string of the molecule is CCN1c2ccccc2C(c2ccccc2)=C(C(=O)Nc2ccc3c(c2)OCO3)S1(=O)=O. The van der Waals surface area contributed by atoms with Crippen molar-refractivity contribution in [2.24, 2.45) is 0 Å². The first-order chi connectivity index (χ1) is 15.5. The Bertz CT molecular complexity index is 1350. The third-order valence-electron chi connectivity index (χ3n) is 5.40. The molecule has 0 saturated carbocycles. The average molecular weight is 449 g/mol. The molecule has 2 aliphatic heterocycles. The molecule has 5 rings (SSSR count). The fourth-order valence-electron chi connectivity index (χ4n) is 4.02. The molecule has 3 aromatic rings. The quantitative estimate of drug-likeness (QED) is 0.653. The number of nitrogens with zero attached hydrogens (tertiary/aromatic N) is 1. The minimum atomic E-state index is -4.11. The van der Waals surface area contributed by atoms with Gasteiger partial charge in [0.25, 0.3) is 15.9 Å². The van der Waals surface area contributed by atoms with Gasteiger partial charge in [0.1, 0.15) is 0 Å². The van der Waals surface area contributed by atoms with Crippen LogP contribution in [0, 0.1) is 0 Å².